The lowest BCUT2D eigenvalue weighted by atomic mass is 10.3. The number of H-pyrrole nitrogens is 1. The molecule has 0 aromatic carbocycles. The van der Waals surface area contributed by atoms with Gasteiger partial charge in [0.05, 0.1) is 13.0 Å². The van der Waals surface area contributed by atoms with Crippen molar-refractivity contribution < 1.29 is 14.7 Å². The van der Waals surface area contributed by atoms with Gasteiger partial charge in [0.1, 0.15) is 0 Å². The third-order valence-corrected chi connectivity index (χ3v) is 3.17. The van der Waals surface area contributed by atoms with Crippen LogP contribution in [0, 0.1) is 0 Å². The van der Waals surface area contributed by atoms with E-state index >= 15 is 0 Å². The van der Waals surface area contributed by atoms with E-state index in [0.29, 0.717) is 5.69 Å². The van der Waals surface area contributed by atoms with Gasteiger partial charge in [-0.05, 0) is 13.8 Å². The summed E-state index contributed by atoms with van der Waals surface area (Å²) in [5, 5.41) is 12.9. The van der Waals surface area contributed by atoms with Crippen LogP contribution in [0.4, 0.5) is 4.79 Å². The molecule has 3 N–H and O–H groups in total. The van der Waals surface area contributed by atoms with E-state index in [4.69, 9.17) is 5.11 Å². The monoisotopic (exact) mass is 287 g/mol. The Bertz CT molecular complexity index is 494. The van der Waals surface area contributed by atoms with Crippen molar-refractivity contribution in [3.05, 3.63) is 20.7 Å². The van der Waals surface area contributed by atoms with Crippen molar-refractivity contribution >= 4 is 23.3 Å². The summed E-state index contributed by atoms with van der Waals surface area (Å²) in [5.74, 6) is -0.944. The van der Waals surface area contributed by atoms with E-state index in [1.807, 2.05) is 13.8 Å². The van der Waals surface area contributed by atoms with Gasteiger partial charge in [-0.1, -0.05) is 11.3 Å². The number of nitrogens with one attached hydrogen (secondary N) is 2. The van der Waals surface area contributed by atoms with Crippen molar-refractivity contribution in [3.63, 3.8) is 0 Å². The molecule has 8 heteroatoms. The summed E-state index contributed by atoms with van der Waals surface area (Å²) < 4.78 is 0. The minimum Gasteiger partial charge on any atom is -0.481 e. The maximum Gasteiger partial charge on any atom is 0.317 e. The Labute approximate surface area is 114 Å². The molecule has 0 aliphatic rings. The zero-order chi connectivity index (χ0) is 14.4. The number of aromatic amines is 1. The Kier molecular flexibility index (Phi) is 5.56. The number of hydrogen-bond donors (Lipinski definition) is 3. The smallest absolute Gasteiger partial charge is 0.317 e. The van der Waals surface area contributed by atoms with E-state index in [-0.39, 0.29) is 36.5 Å². The summed E-state index contributed by atoms with van der Waals surface area (Å²) >= 11 is 1.03. The lowest BCUT2D eigenvalue weighted by molar-refractivity contribution is -0.137. The van der Waals surface area contributed by atoms with Crippen LogP contribution in [-0.2, 0) is 11.3 Å². The fourth-order valence-electron chi connectivity index (χ4n) is 1.48. The minimum atomic E-state index is -0.944. The number of nitrogens with zero attached hydrogens (tertiary/aromatic N) is 1. The molecule has 2 amide bonds. The molecule has 1 aromatic rings. The molecule has 0 saturated heterocycles. The number of hydrogen-bond acceptors (Lipinski definition) is 4. The average Bonchev–Trinajstić information content (AvgIpc) is 2.72. The molecule has 1 heterocycles. The maximum absolute atomic E-state index is 11.9. The molecule has 0 unspecified atom stereocenters. The molecular weight excluding hydrogens is 270 g/mol. The average molecular weight is 287 g/mol. The van der Waals surface area contributed by atoms with Crippen LogP contribution in [0.25, 0.3) is 0 Å². The summed E-state index contributed by atoms with van der Waals surface area (Å²) in [6, 6.07) is -0.441. The van der Waals surface area contributed by atoms with Crippen LogP contribution < -0.4 is 10.2 Å². The van der Waals surface area contributed by atoms with E-state index < -0.39 is 5.97 Å². The zero-order valence-corrected chi connectivity index (χ0v) is 11.6. The Morgan fingerprint density at radius 1 is 1.53 bits per heavy atom. The number of urea groups is 1. The molecular formula is C11H17N3O4S. The number of carbonyl (C=O) groups is 2. The fraction of sp³-hybridized carbons (Fsp3) is 0.545. The van der Waals surface area contributed by atoms with E-state index in [1.165, 1.54) is 4.90 Å². The van der Waals surface area contributed by atoms with Crippen molar-refractivity contribution in [2.45, 2.75) is 32.9 Å². The number of thiazole rings is 1. The van der Waals surface area contributed by atoms with Crippen LogP contribution in [0.1, 0.15) is 26.0 Å². The van der Waals surface area contributed by atoms with Crippen LogP contribution in [0.2, 0.25) is 0 Å². The molecule has 0 saturated carbocycles. The van der Waals surface area contributed by atoms with Gasteiger partial charge in [0.15, 0.2) is 0 Å². The Hall–Kier alpha value is -1.83. The summed E-state index contributed by atoms with van der Waals surface area (Å²) in [4.78, 5) is 37.2. The maximum atomic E-state index is 11.9. The third-order valence-electron chi connectivity index (χ3n) is 2.45. The van der Waals surface area contributed by atoms with Gasteiger partial charge in [-0.25, -0.2) is 4.79 Å². The van der Waals surface area contributed by atoms with E-state index in [1.54, 1.807) is 5.38 Å². The first-order valence-electron chi connectivity index (χ1n) is 5.83. The van der Waals surface area contributed by atoms with Crippen LogP contribution in [0.5, 0.6) is 0 Å². The number of aliphatic carboxylic acids is 1. The molecule has 0 radical (unpaired) electrons. The van der Waals surface area contributed by atoms with E-state index in [2.05, 4.69) is 10.3 Å². The molecule has 0 fully saturated rings. The molecule has 0 atom stereocenters. The first kappa shape index (κ1) is 15.2. The number of rotatable bonds is 6. The molecule has 0 spiro atoms. The van der Waals surface area contributed by atoms with Gasteiger partial charge < -0.3 is 20.3 Å². The van der Waals surface area contributed by atoms with Gasteiger partial charge >= 0.3 is 16.9 Å². The fourth-order valence-corrected chi connectivity index (χ4v) is 2.06. The number of carboxylic acids is 1. The Balaban J connectivity index is 2.52. The van der Waals surface area contributed by atoms with Crippen LogP contribution in [0.15, 0.2) is 10.2 Å². The van der Waals surface area contributed by atoms with Gasteiger partial charge in [-0.3, -0.25) is 9.59 Å². The van der Waals surface area contributed by atoms with Crippen LogP contribution in [0.3, 0.4) is 0 Å². The first-order valence-corrected chi connectivity index (χ1v) is 6.71. The lowest BCUT2D eigenvalue weighted by Gasteiger charge is -2.26. The van der Waals surface area contributed by atoms with Gasteiger partial charge in [-0.15, -0.1) is 0 Å². The lowest BCUT2D eigenvalue weighted by Crippen LogP contribution is -2.44. The van der Waals surface area contributed by atoms with E-state index in [0.717, 1.165) is 11.3 Å². The highest BCUT2D eigenvalue weighted by Gasteiger charge is 2.17. The van der Waals surface area contributed by atoms with E-state index in [9.17, 15) is 14.4 Å². The second-order valence-corrected chi connectivity index (χ2v) is 5.11. The molecule has 7 nitrogen and oxygen atoms in total. The normalized spacial score (nSPS) is 10.5. The SMILES string of the molecule is CC(C)N(CCC(=O)O)C(=O)NCc1csc(=O)[nH]1. The number of amides is 2. The molecule has 0 aliphatic carbocycles. The van der Waals surface area contributed by atoms with Crippen LogP contribution >= 0.6 is 11.3 Å². The highest BCUT2D eigenvalue weighted by atomic mass is 32.1. The number of carboxylic acid groups (broad SMARTS) is 1. The van der Waals surface area contributed by atoms with Crippen molar-refractivity contribution in [1.29, 1.82) is 0 Å². The van der Waals surface area contributed by atoms with Gasteiger partial charge in [0.25, 0.3) is 0 Å². The largest absolute Gasteiger partial charge is 0.481 e. The summed E-state index contributed by atoms with van der Waals surface area (Å²) in [5.41, 5.74) is 0.630. The van der Waals surface area contributed by atoms with Crippen molar-refractivity contribution in [2.75, 3.05) is 6.54 Å². The second-order valence-electron chi connectivity index (χ2n) is 4.26. The summed E-state index contributed by atoms with van der Waals surface area (Å²) in [6.07, 6.45) is -0.0963. The van der Waals surface area contributed by atoms with Gasteiger partial charge in [0.2, 0.25) is 0 Å². The van der Waals surface area contributed by atoms with Crippen molar-refractivity contribution in [1.82, 2.24) is 15.2 Å². The molecule has 19 heavy (non-hydrogen) atoms. The quantitative estimate of drug-likeness (QED) is 0.721. The number of carbonyl (C=O) groups excluding carboxylic acids is 1. The molecule has 106 valence electrons. The molecule has 1 aromatic heterocycles. The molecule has 1 rings (SSSR count). The third kappa shape index (κ3) is 5.12. The highest BCUT2D eigenvalue weighted by Crippen LogP contribution is 2.02. The standard InChI is InChI=1S/C11H17N3O4S/c1-7(2)14(4-3-9(15)16)10(17)12-5-8-6-19-11(18)13-8/h6-7H,3-5H2,1-2H3,(H,12,17)(H,13,18)(H,15,16). The number of aromatic nitrogens is 1. The topological polar surface area (TPSA) is 102 Å². The predicted molar refractivity (Wildman–Crippen MR) is 71.3 cm³/mol. The van der Waals surface area contributed by atoms with Crippen molar-refractivity contribution in [2.24, 2.45) is 0 Å². The van der Waals surface area contributed by atoms with Gasteiger partial charge in [-0.2, -0.15) is 0 Å². The first-order chi connectivity index (χ1) is 8.90. The van der Waals surface area contributed by atoms with Crippen LogP contribution in [-0.4, -0.2) is 39.6 Å². The highest BCUT2D eigenvalue weighted by molar-refractivity contribution is 7.07. The Morgan fingerprint density at radius 2 is 2.21 bits per heavy atom. The predicted octanol–water partition coefficient (Wildman–Crippen LogP) is 0.831. The van der Waals surface area contributed by atoms with Gasteiger partial charge in [0, 0.05) is 23.7 Å². The van der Waals surface area contributed by atoms with Crippen molar-refractivity contribution in [3.8, 4) is 0 Å². The minimum absolute atomic E-state index is 0.0963. The Morgan fingerprint density at radius 3 is 2.68 bits per heavy atom. The summed E-state index contributed by atoms with van der Waals surface area (Å²) in [7, 11) is 0. The second kappa shape index (κ2) is 6.93. The molecule has 0 aliphatic heterocycles. The summed E-state index contributed by atoms with van der Waals surface area (Å²) in [6.45, 7) is 3.99. The molecule has 0 bridgehead atoms. The zero-order valence-electron chi connectivity index (χ0n) is 10.8.